The van der Waals surface area contributed by atoms with Crippen molar-refractivity contribution in [2.24, 2.45) is 0 Å². The third-order valence-corrected chi connectivity index (χ3v) is 3.79. The van der Waals surface area contributed by atoms with Crippen LogP contribution in [0.3, 0.4) is 0 Å². The van der Waals surface area contributed by atoms with Gasteiger partial charge < -0.3 is 4.90 Å². The molecular formula is C10H20N2OS. The number of thioether (sulfide) groups is 1. The monoisotopic (exact) mass is 216 g/mol. The van der Waals surface area contributed by atoms with Gasteiger partial charge in [0.25, 0.3) is 0 Å². The summed E-state index contributed by atoms with van der Waals surface area (Å²) in [5, 5.41) is 3.86. The Balaban J connectivity index is 2.29. The number of carbonyl (C=O) groups is 1. The fourth-order valence-electron chi connectivity index (χ4n) is 1.57. The molecule has 0 saturated carbocycles. The molecule has 1 saturated heterocycles. The van der Waals surface area contributed by atoms with E-state index in [2.05, 4.69) is 18.5 Å². The fourth-order valence-corrected chi connectivity index (χ4v) is 1.91. The average Bonchev–Trinajstić information content (AvgIpc) is 2.56. The van der Waals surface area contributed by atoms with Crippen LogP contribution in [0.2, 0.25) is 0 Å². The summed E-state index contributed by atoms with van der Waals surface area (Å²) in [7, 11) is 0. The molecule has 3 nitrogen and oxygen atoms in total. The van der Waals surface area contributed by atoms with Gasteiger partial charge in [0, 0.05) is 11.8 Å². The number of amides is 1. The van der Waals surface area contributed by atoms with Crippen LogP contribution < -0.4 is 5.32 Å². The van der Waals surface area contributed by atoms with Gasteiger partial charge in [-0.1, -0.05) is 13.8 Å². The van der Waals surface area contributed by atoms with Gasteiger partial charge in [0.15, 0.2) is 0 Å². The molecule has 1 aliphatic rings. The van der Waals surface area contributed by atoms with Crippen molar-refractivity contribution in [3.63, 3.8) is 0 Å². The first-order chi connectivity index (χ1) is 6.69. The van der Waals surface area contributed by atoms with Gasteiger partial charge in [-0.05, 0) is 19.1 Å². The molecule has 1 amide bonds. The molecule has 1 heterocycles. The van der Waals surface area contributed by atoms with Crippen LogP contribution in [0.15, 0.2) is 0 Å². The van der Waals surface area contributed by atoms with Crippen LogP contribution >= 0.6 is 11.8 Å². The molecule has 1 rings (SSSR count). The van der Waals surface area contributed by atoms with Crippen LogP contribution in [0.5, 0.6) is 0 Å². The van der Waals surface area contributed by atoms with E-state index in [0.29, 0.717) is 5.25 Å². The highest BCUT2D eigenvalue weighted by atomic mass is 32.2. The summed E-state index contributed by atoms with van der Waals surface area (Å²) >= 11 is 1.86. The summed E-state index contributed by atoms with van der Waals surface area (Å²) in [5.74, 6) is 0.279. The van der Waals surface area contributed by atoms with Crippen LogP contribution in [0.25, 0.3) is 0 Å². The maximum Gasteiger partial charge on any atom is 0.240 e. The van der Waals surface area contributed by atoms with Gasteiger partial charge in [0.1, 0.15) is 0 Å². The van der Waals surface area contributed by atoms with Gasteiger partial charge in [-0.3, -0.25) is 10.1 Å². The number of nitrogens with one attached hydrogen (secondary N) is 1. The van der Waals surface area contributed by atoms with Gasteiger partial charge in [0.2, 0.25) is 5.91 Å². The largest absolute Gasteiger partial charge is 0.329 e. The van der Waals surface area contributed by atoms with E-state index in [1.807, 2.05) is 23.6 Å². The third-order valence-electron chi connectivity index (χ3n) is 2.75. The Morgan fingerprint density at radius 3 is 2.93 bits per heavy atom. The molecule has 0 aromatic rings. The lowest BCUT2D eigenvalue weighted by molar-refractivity contribution is -0.128. The van der Waals surface area contributed by atoms with Crippen LogP contribution in [-0.2, 0) is 4.79 Å². The van der Waals surface area contributed by atoms with Crippen LogP contribution in [0, 0.1) is 0 Å². The van der Waals surface area contributed by atoms with Gasteiger partial charge in [-0.15, -0.1) is 0 Å². The Labute approximate surface area is 90.6 Å². The average molecular weight is 216 g/mol. The highest BCUT2D eigenvalue weighted by Crippen LogP contribution is 2.13. The zero-order valence-corrected chi connectivity index (χ0v) is 10.1. The summed E-state index contributed by atoms with van der Waals surface area (Å²) in [6, 6.07) is 0.0691. The SMILES string of the molecule is CCC1NCN(CCC(C)SC)C1=O. The summed E-state index contributed by atoms with van der Waals surface area (Å²) in [6.45, 7) is 5.88. The standard InChI is InChI=1S/C10H20N2OS/c1-4-9-10(13)12(7-11-9)6-5-8(2)14-3/h8-9,11H,4-7H2,1-3H3. The Kier molecular flexibility index (Phi) is 4.75. The lowest BCUT2D eigenvalue weighted by atomic mass is 10.2. The van der Waals surface area contributed by atoms with E-state index in [-0.39, 0.29) is 11.9 Å². The zero-order valence-electron chi connectivity index (χ0n) is 9.25. The van der Waals surface area contributed by atoms with Crippen LogP contribution in [0.4, 0.5) is 0 Å². The lowest BCUT2D eigenvalue weighted by Gasteiger charge is -2.17. The highest BCUT2D eigenvalue weighted by molar-refractivity contribution is 7.99. The number of carbonyl (C=O) groups excluding carboxylic acids is 1. The maximum absolute atomic E-state index is 11.7. The van der Waals surface area contributed by atoms with Crippen molar-refractivity contribution in [2.75, 3.05) is 19.5 Å². The Bertz CT molecular complexity index is 199. The van der Waals surface area contributed by atoms with Gasteiger partial charge in [-0.25, -0.2) is 0 Å². The minimum Gasteiger partial charge on any atom is -0.329 e. The number of hydrogen-bond donors (Lipinski definition) is 1. The Morgan fingerprint density at radius 1 is 1.71 bits per heavy atom. The first-order valence-electron chi connectivity index (χ1n) is 5.24. The summed E-state index contributed by atoms with van der Waals surface area (Å²) in [6.07, 6.45) is 4.10. The lowest BCUT2D eigenvalue weighted by Crippen LogP contribution is -2.31. The van der Waals surface area contributed by atoms with Gasteiger partial charge >= 0.3 is 0 Å². The molecule has 0 aromatic carbocycles. The molecule has 2 unspecified atom stereocenters. The van der Waals surface area contributed by atoms with Crippen molar-refractivity contribution in [1.29, 1.82) is 0 Å². The van der Waals surface area contributed by atoms with Crippen molar-refractivity contribution in [2.45, 2.75) is 38.0 Å². The molecule has 2 atom stereocenters. The van der Waals surface area contributed by atoms with Crippen LogP contribution in [0.1, 0.15) is 26.7 Å². The number of hydrogen-bond acceptors (Lipinski definition) is 3. The van der Waals surface area contributed by atoms with Gasteiger partial charge in [0.05, 0.1) is 12.7 Å². The van der Waals surface area contributed by atoms with E-state index in [1.54, 1.807) is 0 Å². The molecule has 0 radical (unpaired) electrons. The molecule has 82 valence electrons. The van der Waals surface area contributed by atoms with E-state index < -0.39 is 0 Å². The molecule has 1 fully saturated rings. The fraction of sp³-hybridized carbons (Fsp3) is 0.900. The molecule has 0 aromatic heterocycles. The second-order valence-corrected chi connectivity index (χ2v) is 5.04. The molecule has 14 heavy (non-hydrogen) atoms. The minimum atomic E-state index is 0.0691. The predicted molar refractivity (Wildman–Crippen MR) is 61.4 cm³/mol. The quantitative estimate of drug-likeness (QED) is 0.752. The third kappa shape index (κ3) is 2.89. The highest BCUT2D eigenvalue weighted by Gasteiger charge is 2.28. The predicted octanol–water partition coefficient (Wildman–Crippen LogP) is 1.30. The molecule has 0 spiro atoms. The molecular weight excluding hydrogens is 196 g/mol. The van der Waals surface area contributed by atoms with Crippen molar-refractivity contribution >= 4 is 17.7 Å². The second-order valence-electron chi connectivity index (χ2n) is 3.76. The molecule has 1 N–H and O–H groups in total. The van der Waals surface area contributed by atoms with E-state index in [1.165, 1.54) is 0 Å². The number of nitrogens with zero attached hydrogens (tertiary/aromatic N) is 1. The van der Waals surface area contributed by atoms with E-state index in [4.69, 9.17) is 0 Å². The molecule has 4 heteroatoms. The molecule has 1 aliphatic heterocycles. The minimum absolute atomic E-state index is 0.0691. The normalized spacial score (nSPS) is 24.4. The van der Waals surface area contributed by atoms with Crippen molar-refractivity contribution in [3.05, 3.63) is 0 Å². The van der Waals surface area contributed by atoms with Crippen molar-refractivity contribution in [3.8, 4) is 0 Å². The summed E-state index contributed by atoms with van der Waals surface area (Å²) in [5.41, 5.74) is 0. The summed E-state index contributed by atoms with van der Waals surface area (Å²) in [4.78, 5) is 13.6. The topological polar surface area (TPSA) is 32.3 Å². The van der Waals surface area contributed by atoms with Crippen molar-refractivity contribution in [1.82, 2.24) is 10.2 Å². The smallest absolute Gasteiger partial charge is 0.240 e. The molecule has 0 aliphatic carbocycles. The first-order valence-corrected chi connectivity index (χ1v) is 6.52. The van der Waals surface area contributed by atoms with E-state index in [9.17, 15) is 4.79 Å². The second kappa shape index (κ2) is 5.61. The van der Waals surface area contributed by atoms with E-state index in [0.717, 1.165) is 26.1 Å². The van der Waals surface area contributed by atoms with Crippen molar-refractivity contribution < 1.29 is 4.79 Å². The zero-order chi connectivity index (χ0) is 10.6. The molecule has 0 bridgehead atoms. The number of rotatable bonds is 5. The Hall–Kier alpha value is -0.220. The first kappa shape index (κ1) is 11.9. The van der Waals surface area contributed by atoms with Crippen LogP contribution in [-0.4, -0.2) is 41.6 Å². The Morgan fingerprint density at radius 2 is 2.43 bits per heavy atom. The maximum atomic E-state index is 11.7. The van der Waals surface area contributed by atoms with E-state index >= 15 is 0 Å². The summed E-state index contributed by atoms with van der Waals surface area (Å²) < 4.78 is 0. The van der Waals surface area contributed by atoms with Gasteiger partial charge in [-0.2, -0.15) is 11.8 Å².